The molecule has 96 valence electrons. The summed E-state index contributed by atoms with van der Waals surface area (Å²) in [4.78, 5) is 12.5. The van der Waals surface area contributed by atoms with Gasteiger partial charge in [0.25, 0.3) is 0 Å². The molecule has 0 aliphatic heterocycles. The van der Waals surface area contributed by atoms with Crippen molar-refractivity contribution in [1.82, 2.24) is 0 Å². The van der Waals surface area contributed by atoms with Crippen LogP contribution in [0.5, 0.6) is 0 Å². The van der Waals surface area contributed by atoms with Crippen molar-refractivity contribution in [2.45, 2.75) is 13.0 Å². The van der Waals surface area contributed by atoms with E-state index in [2.05, 4.69) is 15.9 Å². The smallest absolute Gasteiger partial charge is 0.349 e. The molecule has 0 saturated carbocycles. The van der Waals surface area contributed by atoms with Crippen LogP contribution < -0.4 is 0 Å². The minimum Gasteiger partial charge on any atom is -0.456 e. The number of nitriles is 1. The molecular weight excluding hydrogens is 318 g/mol. The van der Waals surface area contributed by atoms with Crippen LogP contribution in [0.25, 0.3) is 6.08 Å². The van der Waals surface area contributed by atoms with Crippen LogP contribution in [0.15, 0.2) is 21.5 Å². The molecular formula is C12H12BrNO3S. The highest BCUT2D eigenvalue weighted by Gasteiger charge is 2.15. The highest BCUT2D eigenvalue weighted by atomic mass is 79.9. The molecule has 1 heterocycles. The normalized spacial score (nSPS) is 12.9. The number of carbonyl (C=O) groups excluding carboxylic acids is 1. The highest BCUT2D eigenvalue weighted by Crippen LogP contribution is 2.22. The molecule has 0 aromatic carbocycles. The Labute approximate surface area is 118 Å². The molecule has 0 amide bonds. The molecule has 1 aromatic rings. The van der Waals surface area contributed by atoms with Crippen LogP contribution in [0.3, 0.4) is 0 Å². The molecule has 0 radical (unpaired) electrons. The Kier molecular flexibility index (Phi) is 6.05. The molecule has 1 atom stereocenters. The van der Waals surface area contributed by atoms with Crippen LogP contribution in [0.2, 0.25) is 0 Å². The average molecular weight is 330 g/mol. The van der Waals surface area contributed by atoms with Gasteiger partial charge in [0, 0.05) is 21.8 Å². The number of methoxy groups -OCH3 is 1. The van der Waals surface area contributed by atoms with Crippen molar-refractivity contribution < 1.29 is 14.3 Å². The molecule has 1 aromatic heterocycles. The van der Waals surface area contributed by atoms with Crippen molar-refractivity contribution in [3.05, 3.63) is 26.4 Å². The maximum atomic E-state index is 11.7. The zero-order chi connectivity index (χ0) is 13.5. The van der Waals surface area contributed by atoms with Gasteiger partial charge >= 0.3 is 5.97 Å². The van der Waals surface area contributed by atoms with Crippen molar-refractivity contribution in [1.29, 1.82) is 5.26 Å². The predicted molar refractivity (Wildman–Crippen MR) is 73.0 cm³/mol. The third-order valence-corrected chi connectivity index (χ3v) is 3.56. The van der Waals surface area contributed by atoms with Crippen LogP contribution in [0, 0.1) is 11.3 Å². The van der Waals surface area contributed by atoms with E-state index in [1.54, 1.807) is 6.92 Å². The van der Waals surface area contributed by atoms with E-state index in [0.29, 0.717) is 6.61 Å². The first kappa shape index (κ1) is 14.9. The Balaban J connectivity index is 2.75. The summed E-state index contributed by atoms with van der Waals surface area (Å²) in [6.45, 7) is 2.01. The third kappa shape index (κ3) is 4.61. The molecule has 0 spiro atoms. The van der Waals surface area contributed by atoms with Crippen molar-refractivity contribution in [3.63, 3.8) is 0 Å². The van der Waals surface area contributed by atoms with Gasteiger partial charge in [0.05, 0.1) is 6.61 Å². The number of thiophene rings is 1. The molecule has 0 unspecified atom stereocenters. The molecule has 4 nitrogen and oxygen atoms in total. The minimum absolute atomic E-state index is 0.0210. The van der Waals surface area contributed by atoms with E-state index in [-0.39, 0.29) is 11.7 Å². The largest absolute Gasteiger partial charge is 0.456 e. The summed E-state index contributed by atoms with van der Waals surface area (Å²) < 4.78 is 10.8. The molecule has 0 bridgehead atoms. The van der Waals surface area contributed by atoms with Crippen molar-refractivity contribution in [2.24, 2.45) is 0 Å². The number of hydrogen-bond acceptors (Lipinski definition) is 5. The summed E-state index contributed by atoms with van der Waals surface area (Å²) in [5, 5.41) is 10.8. The van der Waals surface area contributed by atoms with Gasteiger partial charge in [-0.05, 0) is 35.0 Å². The van der Waals surface area contributed by atoms with Crippen LogP contribution in [0.4, 0.5) is 0 Å². The standard InChI is InChI=1S/C12H12BrNO3S/c1-8(6-16-2)17-12(15)9(5-14)3-11-4-10(13)7-18-11/h3-4,7-8H,6H2,1-2H3/b9-3+/t8-/m0/s1. The number of hydrogen-bond donors (Lipinski definition) is 0. The molecule has 0 N–H and O–H groups in total. The lowest BCUT2D eigenvalue weighted by atomic mass is 10.2. The van der Waals surface area contributed by atoms with Gasteiger partial charge in [-0.1, -0.05) is 0 Å². The van der Waals surface area contributed by atoms with Gasteiger partial charge in [-0.25, -0.2) is 4.79 Å². The highest BCUT2D eigenvalue weighted by molar-refractivity contribution is 9.10. The zero-order valence-electron chi connectivity index (χ0n) is 9.97. The van der Waals surface area contributed by atoms with E-state index in [0.717, 1.165) is 9.35 Å². The molecule has 0 aliphatic rings. The maximum Gasteiger partial charge on any atom is 0.349 e. The quantitative estimate of drug-likeness (QED) is 0.473. The van der Waals surface area contributed by atoms with Gasteiger partial charge < -0.3 is 9.47 Å². The molecule has 0 aliphatic carbocycles. The first-order chi connectivity index (χ1) is 8.56. The third-order valence-electron chi connectivity index (χ3n) is 1.92. The number of rotatable bonds is 5. The first-order valence-electron chi connectivity index (χ1n) is 5.12. The zero-order valence-corrected chi connectivity index (χ0v) is 12.4. The maximum absolute atomic E-state index is 11.7. The van der Waals surface area contributed by atoms with Crippen LogP contribution in [-0.2, 0) is 14.3 Å². The Morgan fingerprint density at radius 1 is 1.72 bits per heavy atom. The SMILES string of the molecule is COC[C@H](C)OC(=O)/C(C#N)=C/c1cc(Br)cs1. The summed E-state index contributed by atoms with van der Waals surface area (Å²) in [5.74, 6) is -0.633. The van der Waals surface area contributed by atoms with E-state index in [1.165, 1.54) is 24.5 Å². The van der Waals surface area contributed by atoms with Crippen molar-refractivity contribution in [3.8, 4) is 6.07 Å². The minimum atomic E-state index is -0.633. The number of nitrogens with zero attached hydrogens (tertiary/aromatic N) is 1. The van der Waals surface area contributed by atoms with E-state index in [9.17, 15) is 4.79 Å². The fourth-order valence-electron chi connectivity index (χ4n) is 1.20. The molecule has 6 heteroatoms. The van der Waals surface area contributed by atoms with Gasteiger partial charge in [0.2, 0.25) is 0 Å². The van der Waals surface area contributed by atoms with Gasteiger partial charge in [-0.3, -0.25) is 0 Å². The lowest BCUT2D eigenvalue weighted by Gasteiger charge is -2.11. The predicted octanol–water partition coefficient (Wildman–Crippen LogP) is 3.00. The molecule has 1 rings (SSSR count). The number of halogens is 1. The van der Waals surface area contributed by atoms with E-state index >= 15 is 0 Å². The van der Waals surface area contributed by atoms with Crippen LogP contribution >= 0.6 is 27.3 Å². The second-order valence-electron chi connectivity index (χ2n) is 3.51. The summed E-state index contributed by atoms with van der Waals surface area (Å²) in [7, 11) is 1.52. The molecule has 0 fully saturated rings. The van der Waals surface area contributed by atoms with Gasteiger partial charge in [0.1, 0.15) is 17.7 Å². The second kappa shape index (κ2) is 7.31. The average Bonchev–Trinajstić information content (AvgIpc) is 2.71. The number of esters is 1. The Morgan fingerprint density at radius 2 is 2.44 bits per heavy atom. The van der Waals surface area contributed by atoms with Crippen LogP contribution in [0.1, 0.15) is 11.8 Å². The van der Waals surface area contributed by atoms with Crippen LogP contribution in [-0.4, -0.2) is 25.8 Å². The summed E-state index contributed by atoms with van der Waals surface area (Å²) in [6, 6.07) is 3.67. The second-order valence-corrected chi connectivity index (χ2v) is 5.37. The number of carbonyl (C=O) groups is 1. The van der Waals surface area contributed by atoms with E-state index in [1.807, 2.05) is 17.5 Å². The Bertz CT molecular complexity index is 490. The topological polar surface area (TPSA) is 59.3 Å². The van der Waals surface area contributed by atoms with Gasteiger partial charge in [-0.2, -0.15) is 5.26 Å². The molecule has 0 saturated heterocycles. The molecule has 18 heavy (non-hydrogen) atoms. The van der Waals surface area contributed by atoms with Gasteiger partial charge in [-0.15, -0.1) is 11.3 Å². The van der Waals surface area contributed by atoms with E-state index in [4.69, 9.17) is 14.7 Å². The Hall–Kier alpha value is -1.16. The van der Waals surface area contributed by atoms with Crippen molar-refractivity contribution >= 4 is 39.3 Å². The summed E-state index contributed by atoms with van der Waals surface area (Å²) in [5.41, 5.74) is -0.0210. The summed E-state index contributed by atoms with van der Waals surface area (Å²) >= 11 is 4.74. The Morgan fingerprint density at radius 3 is 2.94 bits per heavy atom. The fourth-order valence-corrected chi connectivity index (χ4v) is 2.57. The van der Waals surface area contributed by atoms with Gasteiger partial charge in [0.15, 0.2) is 0 Å². The van der Waals surface area contributed by atoms with Crippen molar-refractivity contribution in [2.75, 3.05) is 13.7 Å². The summed E-state index contributed by atoms with van der Waals surface area (Å²) in [6.07, 6.45) is 1.13. The monoisotopic (exact) mass is 329 g/mol. The number of ether oxygens (including phenoxy) is 2. The van der Waals surface area contributed by atoms with E-state index < -0.39 is 5.97 Å². The first-order valence-corrected chi connectivity index (χ1v) is 6.79. The lowest BCUT2D eigenvalue weighted by molar-refractivity contribution is -0.145. The lowest BCUT2D eigenvalue weighted by Crippen LogP contribution is -2.20. The fraction of sp³-hybridized carbons (Fsp3) is 0.333.